The molecular weight excluding hydrogens is 318 g/mol. The summed E-state index contributed by atoms with van der Waals surface area (Å²) in [6, 6.07) is 10.2. The highest BCUT2D eigenvalue weighted by molar-refractivity contribution is 7.13. The number of amides is 1. The lowest BCUT2D eigenvalue weighted by Gasteiger charge is -2.21. The minimum absolute atomic E-state index is 0.0563. The van der Waals surface area contributed by atoms with Gasteiger partial charge in [0.25, 0.3) is 5.91 Å². The van der Waals surface area contributed by atoms with Crippen molar-refractivity contribution >= 4 is 28.1 Å². The van der Waals surface area contributed by atoms with Crippen molar-refractivity contribution in [3.8, 4) is 10.7 Å². The third-order valence-electron chi connectivity index (χ3n) is 4.77. The fraction of sp³-hybridized carbons (Fsp3) is 0.368. The van der Waals surface area contributed by atoms with Crippen LogP contribution in [0.15, 0.2) is 35.7 Å². The zero-order chi connectivity index (χ0) is 16.4. The molecule has 2 aromatic heterocycles. The molecule has 0 bridgehead atoms. The van der Waals surface area contributed by atoms with Gasteiger partial charge in [-0.3, -0.25) is 4.79 Å². The molecule has 0 unspecified atom stereocenters. The van der Waals surface area contributed by atoms with Gasteiger partial charge in [-0.2, -0.15) is 0 Å². The summed E-state index contributed by atoms with van der Waals surface area (Å²) in [5, 5.41) is 6.91. The number of carbonyl (C=O) groups is 1. The lowest BCUT2D eigenvalue weighted by molar-refractivity contribution is 0.0939. The Kier molecular flexibility index (Phi) is 4.34. The summed E-state index contributed by atoms with van der Waals surface area (Å²) in [6.45, 7) is 0.776. The van der Waals surface area contributed by atoms with Crippen LogP contribution in [0.5, 0.6) is 0 Å². The third kappa shape index (κ3) is 3.22. The third-order valence-corrected chi connectivity index (χ3v) is 5.65. The van der Waals surface area contributed by atoms with Crippen LogP contribution < -0.4 is 5.32 Å². The largest absolute Gasteiger partial charge is 0.353 e. The van der Waals surface area contributed by atoms with Gasteiger partial charge in [0.05, 0.1) is 5.69 Å². The van der Waals surface area contributed by atoms with E-state index in [0.717, 1.165) is 28.1 Å². The predicted molar refractivity (Wildman–Crippen MR) is 98.3 cm³/mol. The first-order valence-corrected chi connectivity index (χ1v) is 9.49. The molecule has 3 aromatic rings. The van der Waals surface area contributed by atoms with Crippen molar-refractivity contribution < 1.29 is 4.79 Å². The Morgan fingerprint density at radius 1 is 1.25 bits per heavy atom. The fourth-order valence-corrected chi connectivity index (χ4v) is 4.18. The van der Waals surface area contributed by atoms with E-state index >= 15 is 0 Å². The molecule has 0 saturated heterocycles. The number of fused-ring (bicyclic) bond motifs is 1. The van der Waals surface area contributed by atoms with Crippen LogP contribution in [0, 0.1) is 5.92 Å². The average molecular weight is 339 g/mol. The zero-order valence-electron chi connectivity index (χ0n) is 13.5. The molecule has 24 heavy (non-hydrogen) atoms. The first kappa shape index (κ1) is 15.4. The Morgan fingerprint density at radius 2 is 2.08 bits per heavy atom. The number of benzene rings is 1. The molecule has 2 N–H and O–H groups in total. The molecule has 1 fully saturated rings. The number of nitrogens with zero attached hydrogens (tertiary/aromatic N) is 1. The van der Waals surface area contributed by atoms with E-state index in [2.05, 4.69) is 27.4 Å². The minimum Gasteiger partial charge on any atom is -0.353 e. The standard InChI is InChI=1S/C19H21N3OS/c23-18(20-11-13-6-2-1-3-7-13)17-12-24-19(22-17)16-10-14-8-4-5-9-15(14)21-16/h4-5,8-10,12-13,21H,1-3,6-7,11H2,(H,20,23). The van der Waals surface area contributed by atoms with Gasteiger partial charge in [-0.25, -0.2) is 4.98 Å². The van der Waals surface area contributed by atoms with Crippen molar-refractivity contribution in [3.63, 3.8) is 0 Å². The molecule has 124 valence electrons. The lowest BCUT2D eigenvalue weighted by atomic mass is 9.89. The van der Waals surface area contributed by atoms with E-state index in [1.165, 1.54) is 43.4 Å². The highest BCUT2D eigenvalue weighted by atomic mass is 32.1. The van der Waals surface area contributed by atoms with Gasteiger partial charge in [-0.05, 0) is 30.9 Å². The number of H-pyrrole nitrogens is 1. The highest BCUT2D eigenvalue weighted by Gasteiger charge is 2.17. The quantitative estimate of drug-likeness (QED) is 0.730. The molecule has 0 radical (unpaired) electrons. The number of aromatic amines is 1. The molecule has 1 aliphatic rings. The van der Waals surface area contributed by atoms with Crippen molar-refractivity contribution in [1.82, 2.24) is 15.3 Å². The number of carbonyl (C=O) groups excluding carboxylic acids is 1. The molecule has 1 amide bonds. The minimum atomic E-state index is -0.0563. The van der Waals surface area contributed by atoms with Crippen LogP contribution in [-0.2, 0) is 0 Å². The second-order valence-corrected chi connectivity index (χ2v) is 7.38. The molecule has 0 atom stereocenters. The van der Waals surface area contributed by atoms with Crippen LogP contribution in [0.25, 0.3) is 21.6 Å². The van der Waals surface area contributed by atoms with E-state index in [4.69, 9.17) is 0 Å². The number of hydrogen-bond acceptors (Lipinski definition) is 3. The van der Waals surface area contributed by atoms with Gasteiger partial charge in [0.15, 0.2) is 0 Å². The zero-order valence-corrected chi connectivity index (χ0v) is 14.4. The highest BCUT2D eigenvalue weighted by Crippen LogP contribution is 2.27. The van der Waals surface area contributed by atoms with Gasteiger partial charge in [0, 0.05) is 22.8 Å². The van der Waals surface area contributed by atoms with Crippen LogP contribution in [0.4, 0.5) is 0 Å². The summed E-state index contributed by atoms with van der Waals surface area (Å²) < 4.78 is 0. The molecule has 1 aromatic carbocycles. The van der Waals surface area contributed by atoms with Crippen LogP contribution in [-0.4, -0.2) is 22.4 Å². The predicted octanol–water partition coefficient (Wildman–Crippen LogP) is 4.60. The summed E-state index contributed by atoms with van der Waals surface area (Å²) in [6.07, 6.45) is 6.39. The van der Waals surface area contributed by atoms with Gasteiger partial charge < -0.3 is 10.3 Å². The Hall–Kier alpha value is -2.14. The summed E-state index contributed by atoms with van der Waals surface area (Å²) in [5.74, 6) is 0.577. The number of nitrogens with one attached hydrogen (secondary N) is 2. The second-order valence-electron chi connectivity index (χ2n) is 6.52. The maximum Gasteiger partial charge on any atom is 0.270 e. The van der Waals surface area contributed by atoms with E-state index in [9.17, 15) is 4.79 Å². The van der Waals surface area contributed by atoms with E-state index < -0.39 is 0 Å². The number of hydrogen-bond donors (Lipinski definition) is 2. The smallest absolute Gasteiger partial charge is 0.270 e. The molecule has 0 spiro atoms. The monoisotopic (exact) mass is 339 g/mol. The van der Waals surface area contributed by atoms with Crippen molar-refractivity contribution in [1.29, 1.82) is 0 Å². The number of thiazole rings is 1. The molecule has 1 aliphatic carbocycles. The normalized spacial score (nSPS) is 15.7. The Labute approximate surface area is 145 Å². The lowest BCUT2D eigenvalue weighted by Crippen LogP contribution is -2.30. The molecule has 1 saturated carbocycles. The summed E-state index contributed by atoms with van der Waals surface area (Å²) in [5.41, 5.74) is 2.57. The van der Waals surface area contributed by atoms with Gasteiger partial charge in [-0.1, -0.05) is 37.5 Å². The topological polar surface area (TPSA) is 57.8 Å². The molecular formula is C19H21N3OS. The molecule has 2 heterocycles. The van der Waals surface area contributed by atoms with E-state index in [-0.39, 0.29) is 5.91 Å². The summed E-state index contributed by atoms with van der Waals surface area (Å²) in [7, 11) is 0. The van der Waals surface area contributed by atoms with E-state index in [1.54, 1.807) is 0 Å². The first-order valence-electron chi connectivity index (χ1n) is 8.61. The second kappa shape index (κ2) is 6.77. The summed E-state index contributed by atoms with van der Waals surface area (Å²) >= 11 is 1.50. The van der Waals surface area contributed by atoms with Crippen molar-refractivity contribution in [2.24, 2.45) is 5.92 Å². The SMILES string of the molecule is O=C(NCC1CCCCC1)c1csc(-c2cc3ccccc3[nH]2)n1. The van der Waals surface area contributed by atoms with Crippen molar-refractivity contribution in [3.05, 3.63) is 41.4 Å². The maximum atomic E-state index is 12.3. The fourth-order valence-electron chi connectivity index (χ4n) is 3.41. The first-order chi connectivity index (χ1) is 11.8. The Balaban J connectivity index is 1.44. The maximum absolute atomic E-state index is 12.3. The van der Waals surface area contributed by atoms with Gasteiger partial charge >= 0.3 is 0 Å². The average Bonchev–Trinajstić information content (AvgIpc) is 3.27. The molecule has 5 heteroatoms. The van der Waals surface area contributed by atoms with Crippen LogP contribution in [0.1, 0.15) is 42.6 Å². The van der Waals surface area contributed by atoms with Crippen LogP contribution >= 0.6 is 11.3 Å². The molecule has 4 rings (SSSR count). The van der Waals surface area contributed by atoms with Gasteiger partial charge in [-0.15, -0.1) is 11.3 Å². The number of rotatable bonds is 4. The van der Waals surface area contributed by atoms with Gasteiger partial charge in [0.1, 0.15) is 10.7 Å². The van der Waals surface area contributed by atoms with Crippen molar-refractivity contribution in [2.45, 2.75) is 32.1 Å². The Morgan fingerprint density at radius 3 is 2.92 bits per heavy atom. The molecule has 0 aliphatic heterocycles. The van der Waals surface area contributed by atoms with Crippen molar-refractivity contribution in [2.75, 3.05) is 6.54 Å². The van der Waals surface area contributed by atoms with E-state index in [0.29, 0.717) is 11.6 Å². The van der Waals surface area contributed by atoms with Crippen LogP contribution in [0.2, 0.25) is 0 Å². The Bertz CT molecular complexity index is 812. The summed E-state index contributed by atoms with van der Waals surface area (Å²) in [4.78, 5) is 20.2. The number of para-hydroxylation sites is 1. The van der Waals surface area contributed by atoms with Gasteiger partial charge in [0.2, 0.25) is 0 Å². The van der Waals surface area contributed by atoms with Crippen LogP contribution in [0.3, 0.4) is 0 Å². The number of aromatic nitrogens is 2. The molecule has 4 nitrogen and oxygen atoms in total. The van der Waals surface area contributed by atoms with E-state index in [1.807, 2.05) is 23.6 Å².